The van der Waals surface area contributed by atoms with Crippen molar-refractivity contribution in [2.24, 2.45) is 11.5 Å². The summed E-state index contributed by atoms with van der Waals surface area (Å²) in [5, 5.41) is 2.96. The van der Waals surface area contributed by atoms with Gasteiger partial charge in [-0.25, -0.2) is 0 Å². The minimum absolute atomic E-state index is 0.141. The van der Waals surface area contributed by atoms with Crippen molar-refractivity contribution in [2.75, 3.05) is 6.54 Å². The topological polar surface area (TPSA) is 81.1 Å². The van der Waals surface area contributed by atoms with E-state index in [0.717, 1.165) is 25.7 Å². The van der Waals surface area contributed by atoms with Crippen LogP contribution < -0.4 is 16.8 Å². The second-order valence-corrected chi connectivity index (χ2v) is 7.37. The molecule has 0 rings (SSSR count). The van der Waals surface area contributed by atoms with Gasteiger partial charge in [-0.1, -0.05) is 84.5 Å². The van der Waals surface area contributed by atoms with Crippen LogP contribution >= 0.6 is 0 Å². The standard InChI is InChI=1S/C20H43N3O/c1-3-5-7-8-9-10-11-12-13-15-19(24)23-18-17-20(21,22)16-14-6-4-2/h3-18,21-22H2,1-2H3,(H,23,24). The number of amides is 1. The van der Waals surface area contributed by atoms with Crippen molar-refractivity contribution in [3.05, 3.63) is 0 Å². The van der Waals surface area contributed by atoms with Gasteiger partial charge in [-0.3, -0.25) is 4.79 Å². The molecule has 24 heavy (non-hydrogen) atoms. The van der Waals surface area contributed by atoms with Crippen LogP contribution in [-0.4, -0.2) is 18.1 Å². The van der Waals surface area contributed by atoms with Crippen LogP contribution in [0.4, 0.5) is 0 Å². The smallest absolute Gasteiger partial charge is 0.219 e. The molecule has 0 saturated heterocycles. The Kier molecular flexibility index (Phi) is 15.5. The molecule has 4 nitrogen and oxygen atoms in total. The number of nitrogens with two attached hydrogens (primary N) is 2. The van der Waals surface area contributed by atoms with Crippen LogP contribution in [0, 0.1) is 0 Å². The largest absolute Gasteiger partial charge is 0.356 e. The van der Waals surface area contributed by atoms with Gasteiger partial charge in [0.25, 0.3) is 0 Å². The summed E-state index contributed by atoms with van der Waals surface area (Å²) in [6.07, 6.45) is 17.0. The molecule has 0 aliphatic rings. The van der Waals surface area contributed by atoms with Gasteiger partial charge in [-0.15, -0.1) is 0 Å². The highest BCUT2D eigenvalue weighted by Crippen LogP contribution is 2.11. The second kappa shape index (κ2) is 15.9. The zero-order valence-corrected chi connectivity index (χ0v) is 16.4. The Labute approximate surface area is 150 Å². The minimum atomic E-state index is -0.639. The van der Waals surface area contributed by atoms with Gasteiger partial charge in [0.2, 0.25) is 5.91 Å². The van der Waals surface area contributed by atoms with Gasteiger partial charge in [0.15, 0.2) is 0 Å². The van der Waals surface area contributed by atoms with Gasteiger partial charge in [-0.2, -0.15) is 0 Å². The maximum atomic E-state index is 11.8. The number of hydrogen-bond acceptors (Lipinski definition) is 3. The van der Waals surface area contributed by atoms with Crippen LogP contribution in [0.5, 0.6) is 0 Å². The highest BCUT2D eigenvalue weighted by molar-refractivity contribution is 5.75. The summed E-state index contributed by atoms with van der Waals surface area (Å²) in [7, 11) is 0. The average Bonchev–Trinajstić information content (AvgIpc) is 2.53. The van der Waals surface area contributed by atoms with E-state index < -0.39 is 5.66 Å². The Hall–Kier alpha value is -0.610. The first-order valence-corrected chi connectivity index (χ1v) is 10.4. The number of carbonyl (C=O) groups is 1. The predicted molar refractivity (Wildman–Crippen MR) is 105 cm³/mol. The second-order valence-electron chi connectivity index (χ2n) is 7.37. The molecule has 0 aromatic carbocycles. The normalized spacial score (nSPS) is 11.7. The number of rotatable bonds is 17. The summed E-state index contributed by atoms with van der Waals surface area (Å²) < 4.78 is 0. The van der Waals surface area contributed by atoms with E-state index in [2.05, 4.69) is 19.2 Å². The van der Waals surface area contributed by atoms with Crippen LogP contribution in [0.2, 0.25) is 0 Å². The molecule has 0 aliphatic carbocycles. The summed E-state index contributed by atoms with van der Waals surface area (Å²) in [4.78, 5) is 11.8. The molecular weight excluding hydrogens is 298 g/mol. The Balaban J connectivity index is 3.43. The first-order valence-electron chi connectivity index (χ1n) is 10.4. The molecule has 0 aliphatic heterocycles. The molecule has 4 heteroatoms. The first-order chi connectivity index (χ1) is 11.5. The van der Waals surface area contributed by atoms with Gasteiger partial charge in [0.1, 0.15) is 0 Å². The summed E-state index contributed by atoms with van der Waals surface area (Å²) in [6.45, 7) is 5.01. The first kappa shape index (κ1) is 23.4. The van der Waals surface area contributed by atoms with Crippen molar-refractivity contribution in [1.82, 2.24) is 5.32 Å². The molecule has 0 spiro atoms. The zero-order valence-electron chi connectivity index (χ0n) is 16.4. The summed E-state index contributed by atoms with van der Waals surface area (Å²) >= 11 is 0. The van der Waals surface area contributed by atoms with Crippen molar-refractivity contribution in [2.45, 2.75) is 116 Å². The number of nitrogens with one attached hydrogen (secondary N) is 1. The lowest BCUT2D eigenvalue weighted by molar-refractivity contribution is -0.121. The van der Waals surface area contributed by atoms with Crippen LogP contribution in [-0.2, 0) is 4.79 Å². The molecule has 5 N–H and O–H groups in total. The fourth-order valence-electron chi connectivity index (χ4n) is 2.95. The molecule has 0 radical (unpaired) electrons. The quantitative estimate of drug-likeness (QED) is 0.267. The van der Waals surface area contributed by atoms with Crippen LogP contribution in [0.1, 0.15) is 110 Å². The third-order valence-corrected chi connectivity index (χ3v) is 4.67. The minimum Gasteiger partial charge on any atom is -0.356 e. The average molecular weight is 342 g/mol. The third kappa shape index (κ3) is 16.3. The fourth-order valence-corrected chi connectivity index (χ4v) is 2.95. The van der Waals surface area contributed by atoms with E-state index in [4.69, 9.17) is 11.5 Å². The van der Waals surface area contributed by atoms with Gasteiger partial charge in [-0.05, 0) is 19.3 Å². The fraction of sp³-hybridized carbons (Fsp3) is 0.950. The van der Waals surface area contributed by atoms with Crippen molar-refractivity contribution in [3.8, 4) is 0 Å². The van der Waals surface area contributed by atoms with Crippen molar-refractivity contribution in [3.63, 3.8) is 0 Å². The van der Waals surface area contributed by atoms with Gasteiger partial charge < -0.3 is 16.8 Å². The highest BCUT2D eigenvalue weighted by Gasteiger charge is 2.18. The molecule has 144 valence electrons. The van der Waals surface area contributed by atoms with Crippen molar-refractivity contribution < 1.29 is 4.79 Å². The zero-order chi connectivity index (χ0) is 18.1. The van der Waals surface area contributed by atoms with E-state index in [9.17, 15) is 4.79 Å². The Morgan fingerprint density at radius 2 is 1.25 bits per heavy atom. The van der Waals surface area contributed by atoms with Gasteiger partial charge in [0.05, 0.1) is 5.66 Å². The van der Waals surface area contributed by atoms with E-state index >= 15 is 0 Å². The lowest BCUT2D eigenvalue weighted by Gasteiger charge is -2.24. The van der Waals surface area contributed by atoms with E-state index in [1.807, 2.05) is 0 Å². The Morgan fingerprint density at radius 1 is 0.750 bits per heavy atom. The lowest BCUT2D eigenvalue weighted by atomic mass is 10.00. The molecule has 0 bridgehead atoms. The van der Waals surface area contributed by atoms with Gasteiger partial charge >= 0.3 is 0 Å². The summed E-state index contributed by atoms with van der Waals surface area (Å²) in [5.74, 6) is 0.141. The molecule has 0 saturated carbocycles. The molecule has 1 amide bonds. The molecule has 0 fully saturated rings. The number of carbonyl (C=O) groups excluding carboxylic acids is 1. The van der Waals surface area contributed by atoms with E-state index in [-0.39, 0.29) is 5.91 Å². The maximum Gasteiger partial charge on any atom is 0.219 e. The van der Waals surface area contributed by atoms with E-state index in [0.29, 0.717) is 19.4 Å². The number of hydrogen-bond donors (Lipinski definition) is 3. The summed E-state index contributed by atoms with van der Waals surface area (Å²) in [5.41, 5.74) is 11.5. The van der Waals surface area contributed by atoms with Gasteiger partial charge in [0, 0.05) is 13.0 Å². The van der Waals surface area contributed by atoms with Crippen molar-refractivity contribution in [1.29, 1.82) is 0 Å². The van der Waals surface area contributed by atoms with E-state index in [1.54, 1.807) is 0 Å². The molecule has 0 heterocycles. The van der Waals surface area contributed by atoms with Crippen LogP contribution in [0.15, 0.2) is 0 Å². The lowest BCUT2D eigenvalue weighted by Crippen LogP contribution is -2.51. The van der Waals surface area contributed by atoms with Crippen LogP contribution in [0.3, 0.4) is 0 Å². The van der Waals surface area contributed by atoms with Crippen LogP contribution in [0.25, 0.3) is 0 Å². The van der Waals surface area contributed by atoms with E-state index in [1.165, 1.54) is 57.8 Å². The Morgan fingerprint density at radius 3 is 1.83 bits per heavy atom. The third-order valence-electron chi connectivity index (χ3n) is 4.67. The molecule has 0 aromatic rings. The predicted octanol–water partition coefficient (Wildman–Crippen LogP) is 4.61. The molecule has 0 atom stereocenters. The monoisotopic (exact) mass is 341 g/mol. The Bertz CT molecular complexity index is 293. The highest BCUT2D eigenvalue weighted by atomic mass is 16.1. The summed E-state index contributed by atoms with van der Waals surface area (Å²) in [6, 6.07) is 0. The molecule has 0 aromatic heterocycles. The maximum absolute atomic E-state index is 11.8. The molecule has 0 unspecified atom stereocenters. The molecular formula is C20H43N3O. The number of unbranched alkanes of at least 4 members (excludes halogenated alkanes) is 10. The van der Waals surface area contributed by atoms with Crippen molar-refractivity contribution >= 4 is 5.91 Å². The SMILES string of the molecule is CCCCCCCCCCCC(=O)NCCC(N)(N)CCCCC.